The van der Waals surface area contributed by atoms with Crippen LogP contribution in [0.1, 0.15) is 97.5 Å². The molecule has 0 aliphatic heterocycles. The molecule has 1 heterocycles. The molecule has 0 aromatic carbocycles. The van der Waals surface area contributed by atoms with Gasteiger partial charge in [-0.2, -0.15) is 0 Å². The Morgan fingerprint density at radius 2 is 1.85 bits per heavy atom. The number of hydrogen-bond donors (Lipinski definition) is 2. The molecule has 0 radical (unpaired) electrons. The van der Waals surface area contributed by atoms with E-state index in [1.54, 1.807) is 0 Å². The molecule has 41 heavy (non-hydrogen) atoms. The molecule has 4 aliphatic rings. The number of allylic oxidation sites excluding steroid dienone is 3. The van der Waals surface area contributed by atoms with Gasteiger partial charge in [0, 0.05) is 25.2 Å². The van der Waals surface area contributed by atoms with Gasteiger partial charge in [-0.15, -0.1) is 0 Å². The molecule has 1 aromatic heterocycles. The summed E-state index contributed by atoms with van der Waals surface area (Å²) >= 11 is 0. The fourth-order valence-corrected chi connectivity index (χ4v) is 8.68. The number of esters is 1. The highest BCUT2D eigenvalue weighted by Gasteiger charge is 2.57. The topological polar surface area (TPSA) is 106 Å². The van der Waals surface area contributed by atoms with Crippen LogP contribution < -0.4 is 5.32 Å². The third-order valence-corrected chi connectivity index (χ3v) is 10.8. The van der Waals surface area contributed by atoms with Gasteiger partial charge < -0.3 is 15.2 Å². The van der Waals surface area contributed by atoms with Crippen LogP contribution in [0, 0.1) is 34.5 Å². The first-order valence-electron chi connectivity index (χ1n) is 15.5. The van der Waals surface area contributed by atoms with Crippen molar-refractivity contribution in [3.05, 3.63) is 47.8 Å². The van der Waals surface area contributed by atoms with Crippen LogP contribution in [0.2, 0.25) is 0 Å². The third-order valence-electron chi connectivity index (χ3n) is 10.8. The van der Waals surface area contributed by atoms with Gasteiger partial charge in [0.25, 0.3) is 0 Å². The summed E-state index contributed by atoms with van der Waals surface area (Å²) in [6.07, 6.45) is 16.2. The van der Waals surface area contributed by atoms with Gasteiger partial charge in [0.15, 0.2) is 0 Å². The van der Waals surface area contributed by atoms with E-state index in [0.29, 0.717) is 24.2 Å². The quantitative estimate of drug-likeness (QED) is 0.269. The largest absolute Gasteiger partial charge is 0.480 e. The van der Waals surface area contributed by atoms with Crippen molar-refractivity contribution in [3.8, 4) is 0 Å². The van der Waals surface area contributed by atoms with E-state index in [2.05, 4.69) is 42.4 Å². The number of carbonyl (C=O) groups is 3. The van der Waals surface area contributed by atoms with Crippen molar-refractivity contribution in [3.63, 3.8) is 0 Å². The first-order chi connectivity index (χ1) is 19.5. The summed E-state index contributed by atoms with van der Waals surface area (Å²) < 4.78 is 5.85. The number of carbonyl (C=O) groups excluding carboxylic acids is 2. The molecule has 2 fully saturated rings. The second-order valence-electron chi connectivity index (χ2n) is 13.8. The summed E-state index contributed by atoms with van der Waals surface area (Å²) in [5.74, 6) is 0.237. The lowest BCUT2D eigenvalue weighted by atomic mass is 9.47. The molecule has 4 aliphatic carbocycles. The van der Waals surface area contributed by atoms with Gasteiger partial charge in [0.1, 0.15) is 12.1 Å². The second kappa shape index (κ2) is 11.7. The highest BCUT2D eigenvalue weighted by molar-refractivity contribution is 5.85. The van der Waals surface area contributed by atoms with Crippen LogP contribution in [0.15, 0.2) is 42.3 Å². The normalized spacial score (nSPS) is 33.0. The van der Waals surface area contributed by atoms with E-state index < -0.39 is 17.9 Å². The monoisotopic (exact) mass is 562 g/mol. The number of ether oxygens (including phenoxy) is 1. The fraction of sp³-hybridized carbons (Fsp3) is 0.647. The van der Waals surface area contributed by atoms with E-state index in [0.717, 1.165) is 32.1 Å². The standard InChI is InChI=1S/C34H46N2O5/c1-21(2)18-29(32(39)40)36-30(37)11-12-31(38)41-24-13-15-33(3)23(19-24)7-8-25-27-10-9-26(22-6-5-17-35-20-22)34(27,4)16-14-28(25)33/h5-7,9,17,20-21,24-25,27-29H,8,10-16,18-19H2,1-4H3,(H,36,37)(H,39,40)/t24-,25-,27-,28-,29+,33-,34+/m0/s1. The number of nitrogens with zero attached hydrogens (tertiary/aromatic N) is 1. The van der Waals surface area contributed by atoms with Crippen LogP contribution in [0.3, 0.4) is 0 Å². The molecule has 5 rings (SSSR count). The Morgan fingerprint density at radius 1 is 1.07 bits per heavy atom. The van der Waals surface area contributed by atoms with Crippen molar-refractivity contribution in [2.45, 2.75) is 104 Å². The zero-order chi connectivity index (χ0) is 29.4. The van der Waals surface area contributed by atoms with E-state index in [1.165, 1.54) is 29.6 Å². The summed E-state index contributed by atoms with van der Waals surface area (Å²) in [5.41, 5.74) is 4.54. The number of carboxylic acids is 1. The maximum absolute atomic E-state index is 12.6. The molecule has 0 saturated heterocycles. The van der Waals surface area contributed by atoms with Gasteiger partial charge in [-0.05, 0) is 96.7 Å². The minimum Gasteiger partial charge on any atom is -0.480 e. The molecular formula is C34H46N2O5. The van der Waals surface area contributed by atoms with Crippen molar-refractivity contribution in [1.29, 1.82) is 0 Å². The number of aliphatic carboxylic acids is 1. The maximum atomic E-state index is 12.6. The lowest BCUT2D eigenvalue weighted by Crippen LogP contribution is -2.50. The fourth-order valence-electron chi connectivity index (χ4n) is 8.68. The lowest BCUT2D eigenvalue weighted by Gasteiger charge is -2.57. The Morgan fingerprint density at radius 3 is 2.56 bits per heavy atom. The Labute approximate surface area is 244 Å². The summed E-state index contributed by atoms with van der Waals surface area (Å²) in [5, 5.41) is 11.9. The highest BCUT2D eigenvalue weighted by atomic mass is 16.5. The predicted molar refractivity (Wildman–Crippen MR) is 157 cm³/mol. The highest BCUT2D eigenvalue weighted by Crippen LogP contribution is 2.66. The van der Waals surface area contributed by atoms with Crippen LogP contribution in [-0.4, -0.2) is 40.1 Å². The van der Waals surface area contributed by atoms with Gasteiger partial charge in [0.05, 0.1) is 6.42 Å². The predicted octanol–water partition coefficient (Wildman–Crippen LogP) is 6.35. The van der Waals surface area contributed by atoms with Crippen LogP contribution in [-0.2, 0) is 19.1 Å². The average molecular weight is 563 g/mol. The van der Waals surface area contributed by atoms with Crippen LogP contribution in [0.25, 0.3) is 5.57 Å². The number of pyridine rings is 1. The number of rotatable bonds is 9. The van der Waals surface area contributed by atoms with E-state index in [-0.39, 0.29) is 41.7 Å². The van der Waals surface area contributed by atoms with Crippen molar-refractivity contribution in [2.24, 2.45) is 34.5 Å². The van der Waals surface area contributed by atoms with Crippen molar-refractivity contribution in [1.82, 2.24) is 10.3 Å². The molecule has 2 N–H and O–H groups in total. The van der Waals surface area contributed by atoms with E-state index in [9.17, 15) is 19.5 Å². The van der Waals surface area contributed by atoms with Gasteiger partial charge in [-0.3, -0.25) is 14.6 Å². The minimum atomic E-state index is -1.05. The molecule has 1 aromatic rings. The van der Waals surface area contributed by atoms with Crippen LogP contribution >= 0.6 is 0 Å². The zero-order valence-electron chi connectivity index (χ0n) is 25.0. The molecule has 7 atom stereocenters. The molecule has 222 valence electrons. The molecule has 7 nitrogen and oxygen atoms in total. The molecular weight excluding hydrogens is 516 g/mol. The Kier molecular flexibility index (Phi) is 8.45. The number of carboxylic acid groups (broad SMARTS) is 1. The molecule has 0 unspecified atom stereocenters. The van der Waals surface area contributed by atoms with Gasteiger partial charge in [0.2, 0.25) is 5.91 Å². The molecule has 0 spiro atoms. The average Bonchev–Trinajstić information content (AvgIpc) is 3.29. The van der Waals surface area contributed by atoms with Gasteiger partial charge >= 0.3 is 11.9 Å². The Balaban J connectivity index is 1.16. The first kappa shape index (κ1) is 29.5. The molecule has 0 bridgehead atoms. The van der Waals surface area contributed by atoms with Crippen molar-refractivity contribution in [2.75, 3.05) is 0 Å². The minimum absolute atomic E-state index is 0.0378. The summed E-state index contributed by atoms with van der Waals surface area (Å²) in [6, 6.07) is 3.31. The SMILES string of the molecule is CC(C)C[C@@H](NC(=O)CCC(=O)O[C@H]1CC[C@@]2(C)C(=CC[C@@H]3[C@@H]2CC[C@]2(C)C(c4cccnc4)=CC[C@@H]32)C1)C(=O)O. The number of fused-ring (bicyclic) bond motifs is 5. The second-order valence-corrected chi connectivity index (χ2v) is 13.8. The molecule has 2 saturated carbocycles. The maximum Gasteiger partial charge on any atom is 0.326 e. The van der Waals surface area contributed by atoms with Crippen LogP contribution in [0.4, 0.5) is 0 Å². The van der Waals surface area contributed by atoms with E-state index in [4.69, 9.17) is 4.74 Å². The summed E-state index contributed by atoms with van der Waals surface area (Å²) in [7, 11) is 0. The Hall–Kier alpha value is -2.96. The first-order valence-corrected chi connectivity index (χ1v) is 15.5. The number of aromatic nitrogens is 1. The van der Waals surface area contributed by atoms with Gasteiger partial charge in [-0.25, -0.2) is 4.79 Å². The summed E-state index contributed by atoms with van der Waals surface area (Å²) in [6.45, 7) is 8.74. The molecule has 1 amide bonds. The third kappa shape index (κ3) is 5.87. The van der Waals surface area contributed by atoms with E-state index in [1.807, 2.05) is 32.3 Å². The number of nitrogens with one attached hydrogen (secondary N) is 1. The number of amides is 1. The van der Waals surface area contributed by atoms with E-state index >= 15 is 0 Å². The van der Waals surface area contributed by atoms with Gasteiger partial charge in [-0.1, -0.05) is 51.5 Å². The smallest absolute Gasteiger partial charge is 0.326 e. The molecule has 7 heteroatoms. The zero-order valence-corrected chi connectivity index (χ0v) is 25.0. The van der Waals surface area contributed by atoms with Crippen molar-refractivity contribution >= 4 is 23.4 Å². The number of hydrogen-bond acceptors (Lipinski definition) is 5. The van der Waals surface area contributed by atoms with Crippen molar-refractivity contribution < 1.29 is 24.2 Å². The Bertz CT molecular complexity index is 1220. The van der Waals surface area contributed by atoms with Crippen LogP contribution in [0.5, 0.6) is 0 Å². The lowest BCUT2D eigenvalue weighted by molar-refractivity contribution is -0.152. The summed E-state index contributed by atoms with van der Waals surface area (Å²) in [4.78, 5) is 40.8.